The van der Waals surface area contributed by atoms with Gasteiger partial charge in [-0.2, -0.15) is 4.99 Å². The van der Waals surface area contributed by atoms with Gasteiger partial charge in [-0.25, -0.2) is 9.36 Å². The van der Waals surface area contributed by atoms with Gasteiger partial charge >= 0.3 is 6.09 Å². The average Bonchev–Trinajstić information content (AvgIpc) is 2.41. The molecule has 0 saturated heterocycles. The minimum absolute atomic E-state index is 0.291. The second kappa shape index (κ2) is 5.07. The van der Waals surface area contributed by atoms with Gasteiger partial charge in [-0.15, -0.1) is 11.3 Å². The topological polar surface area (TPSA) is 60.7 Å². The Morgan fingerprint density at radius 3 is 2.56 bits per heavy atom. The number of aromatic nitrogens is 1. The zero-order valence-corrected chi connectivity index (χ0v) is 10.6. The summed E-state index contributed by atoms with van der Waals surface area (Å²) < 4.78 is 6.23. The molecule has 0 atom stereocenters. The first-order valence-corrected chi connectivity index (χ1v) is 5.70. The van der Waals surface area contributed by atoms with E-state index in [4.69, 9.17) is 4.74 Å². The molecular weight excluding hydrogens is 228 g/mol. The molecule has 0 saturated carbocycles. The number of nitrogens with zero attached hydrogens (tertiary/aromatic N) is 2. The largest absolute Gasteiger partial charge is 0.449 e. The summed E-state index contributed by atoms with van der Waals surface area (Å²) >= 11 is 1.30. The molecule has 0 aliphatic rings. The lowest BCUT2D eigenvalue weighted by Crippen LogP contribution is -2.26. The van der Waals surface area contributed by atoms with Crippen LogP contribution in [0.4, 0.5) is 4.79 Å². The van der Waals surface area contributed by atoms with Crippen LogP contribution in [0.2, 0.25) is 0 Å². The molecule has 1 aromatic heterocycles. The zero-order valence-electron chi connectivity index (χ0n) is 9.73. The number of amides is 1. The number of hydrogen-bond acceptors (Lipinski definition) is 4. The molecule has 1 heterocycles. The highest BCUT2D eigenvalue weighted by Crippen LogP contribution is 2.10. The van der Waals surface area contributed by atoms with Crippen molar-refractivity contribution in [2.45, 2.75) is 27.7 Å². The molecular formula is C10H14N2O3S. The number of ether oxygens (including phenoxy) is 1. The first kappa shape index (κ1) is 12.6. The molecule has 0 aromatic carbocycles. The Hall–Kier alpha value is -1.43. The third-order valence-electron chi connectivity index (χ3n) is 1.98. The van der Waals surface area contributed by atoms with Gasteiger partial charge in [0.1, 0.15) is 0 Å². The summed E-state index contributed by atoms with van der Waals surface area (Å²) in [7, 11) is 0. The van der Waals surface area contributed by atoms with Crippen molar-refractivity contribution in [2.75, 3.05) is 6.61 Å². The van der Waals surface area contributed by atoms with E-state index in [9.17, 15) is 9.59 Å². The summed E-state index contributed by atoms with van der Waals surface area (Å²) in [6.07, 6.45) is -0.496. The number of hydrogen-bond donors (Lipinski definition) is 0. The van der Waals surface area contributed by atoms with Gasteiger partial charge in [-0.3, -0.25) is 4.79 Å². The SMILES string of the molecule is CCOC(=O)n1c(C)c(C)sc1=NC(C)=O. The fourth-order valence-corrected chi connectivity index (χ4v) is 2.16. The molecule has 0 aliphatic heterocycles. The van der Waals surface area contributed by atoms with Gasteiger partial charge in [0.15, 0.2) is 0 Å². The molecule has 88 valence electrons. The number of carbonyl (C=O) groups is 2. The van der Waals surface area contributed by atoms with Gasteiger partial charge in [-0.1, -0.05) is 0 Å². The Morgan fingerprint density at radius 1 is 1.44 bits per heavy atom. The Morgan fingerprint density at radius 2 is 2.06 bits per heavy atom. The first-order valence-electron chi connectivity index (χ1n) is 4.88. The minimum atomic E-state index is -0.496. The number of aryl methyl sites for hydroxylation is 1. The third-order valence-corrected chi connectivity index (χ3v) is 3.04. The lowest BCUT2D eigenvalue weighted by molar-refractivity contribution is -0.116. The summed E-state index contributed by atoms with van der Waals surface area (Å²) in [4.78, 5) is 27.7. The van der Waals surface area contributed by atoms with E-state index in [1.54, 1.807) is 13.8 Å². The highest BCUT2D eigenvalue weighted by Gasteiger charge is 2.14. The van der Waals surface area contributed by atoms with E-state index in [-0.39, 0.29) is 5.91 Å². The second-order valence-corrected chi connectivity index (χ2v) is 4.37. The Labute approximate surface area is 97.4 Å². The summed E-state index contributed by atoms with van der Waals surface area (Å²) in [5.74, 6) is -0.334. The molecule has 1 rings (SSSR count). The Bertz CT molecular complexity index is 485. The van der Waals surface area contributed by atoms with Crippen molar-refractivity contribution in [1.29, 1.82) is 0 Å². The molecule has 0 aliphatic carbocycles. The van der Waals surface area contributed by atoms with Crippen molar-refractivity contribution in [1.82, 2.24) is 4.57 Å². The lowest BCUT2D eigenvalue weighted by Gasteiger charge is -2.04. The first-order chi connectivity index (χ1) is 7.47. The molecule has 0 N–H and O–H groups in total. The molecule has 16 heavy (non-hydrogen) atoms. The van der Waals surface area contributed by atoms with Crippen molar-refractivity contribution in [3.63, 3.8) is 0 Å². The molecule has 0 bridgehead atoms. The number of thiazole rings is 1. The fourth-order valence-electron chi connectivity index (χ4n) is 1.17. The molecule has 1 aromatic rings. The van der Waals surface area contributed by atoms with Crippen molar-refractivity contribution >= 4 is 23.3 Å². The third kappa shape index (κ3) is 2.57. The fraction of sp³-hybridized carbons (Fsp3) is 0.500. The highest BCUT2D eigenvalue weighted by atomic mass is 32.1. The van der Waals surface area contributed by atoms with Gasteiger partial charge in [0.25, 0.3) is 0 Å². The van der Waals surface area contributed by atoms with Crippen molar-refractivity contribution < 1.29 is 14.3 Å². The second-order valence-electron chi connectivity index (χ2n) is 3.19. The van der Waals surface area contributed by atoms with Crippen LogP contribution in [0.25, 0.3) is 0 Å². The summed E-state index contributed by atoms with van der Waals surface area (Å²) in [5, 5.41) is 0. The van der Waals surface area contributed by atoms with E-state index < -0.39 is 6.09 Å². The molecule has 0 fully saturated rings. The molecule has 1 amide bonds. The van der Waals surface area contributed by atoms with Crippen LogP contribution < -0.4 is 4.80 Å². The van der Waals surface area contributed by atoms with Crippen LogP contribution in [0.1, 0.15) is 24.4 Å². The van der Waals surface area contributed by atoms with Crippen molar-refractivity contribution in [3.8, 4) is 0 Å². The zero-order chi connectivity index (χ0) is 12.3. The molecule has 0 spiro atoms. The smallest absolute Gasteiger partial charge is 0.420 e. The van der Waals surface area contributed by atoms with Gasteiger partial charge in [0, 0.05) is 17.5 Å². The van der Waals surface area contributed by atoms with Crippen LogP contribution in [0.3, 0.4) is 0 Å². The van der Waals surface area contributed by atoms with Crippen molar-refractivity contribution in [3.05, 3.63) is 15.4 Å². The summed E-state index contributed by atoms with van der Waals surface area (Å²) in [6, 6.07) is 0. The predicted octanol–water partition coefficient (Wildman–Crippen LogP) is 1.62. The van der Waals surface area contributed by atoms with Crippen LogP contribution in [-0.4, -0.2) is 23.2 Å². The number of rotatable bonds is 1. The van der Waals surface area contributed by atoms with Crippen LogP contribution in [0, 0.1) is 13.8 Å². The minimum Gasteiger partial charge on any atom is -0.449 e. The quantitative estimate of drug-likeness (QED) is 0.751. The van der Waals surface area contributed by atoms with Gasteiger partial charge in [0.05, 0.1) is 6.61 Å². The molecule has 0 unspecified atom stereocenters. The monoisotopic (exact) mass is 242 g/mol. The highest BCUT2D eigenvalue weighted by molar-refractivity contribution is 7.09. The van der Waals surface area contributed by atoms with E-state index in [2.05, 4.69) is 4.99 Å². The average molecular weight is 242 g/mol. The summed E-state index contributed by atoms with van der Waals surface area (Å²) in [5.41, 5.74) is 0.753. The lowest BCUT2D eigenvalue weighted by atomic mass is 10.4. The summed E-state index contributed by atoms with van der Waals surface area (Å²) in [6.45, 7) is 7.03. The van der Waals surface area contributed by atoms with Gasteiger partial charge in [-0.05, 0) is 20.8 Å². The van der Waals surface area contributed by atoms with E-state index in [0.29, 0.717) is 11.4 Å². The molecule has 5 nitrogen and oxygen atoms in total. The standard InChI is InChI=1S/C10H14N2O3S/c1-5-15-10(14)12-6(2)7(3)16-9(12)11-8(4)13/h5H2,1-4H3. The predicted molar refractivity (Wildman–Crippen MR) is 60.4 cm³/mol. The Kier molecular flexibility index (Phi) is 4.00. The van der Waals surface area contributed by atoms with Crippen molar-refractivity contribution in [2.24, 2.45) is 4.99 Å². The maximum absolute atomic E-state index is 11.7. The maximum Gasteiger partial charge on any atom is 0.420 e. The van der Waals surface area contributed by atoms with Crippen LogP contribution in [-0.2, 0) is 9.53 Å². The van der Waals surface area contributed by atoms with Gasteiger partial charge < -0.3 is 4.74 Å². The van der Waals surface area contributed by atoms with E-state index in [1.165, 1.54) is 22.8 Å². The maximum atomic E-state index is 11.7. The van der Waals surface area contributed by atoms with E-state index in [0.717, 1.165) is 10.6 Å². The number of carbonyl (C=O) groups excluding carboxylic acids is 2. The normalized spacial score (nSPS) is 11.6. The van der Waals surface area contributed by atoms with Gasteiger partial charge in [0.2, 0.25) is 10.7 Å². The van der Waals surface area contributed by atoms with Crippen LogP contribution in [0.5, 0.6) is 0 Å². The molecule has 6 heteroatoms. The van der Waals surface area contributed by atoms with Crippen LogP contribution >= 0.6 is 11.3 Å². The molecule has 0 radical (unpaired) electrons. The van der Waals surface area contributed by atoms with E-state index >= 15 is 0 Å². The Balaban J connectivity index is 3.35. The van der Waals surface area contributed by atoms with E-state index in [1.807, 2.05) is 6.92 Å². The van der Waals surface area contributed by atoms with Crippen LogP contribution in [0.15, 0.2) is 4.99 Å².